The zero-order chi connectivity index (χ0) is 4.99. The molecular formula is C4H9NS. The number of rotatable bonds is 1. The summed E-state index contributed by atoms with van der Waals surface area (Å²) < 4.78 is 0. The third kappa shape index (κ3) is 3.89. The Morgan fingerprint density at radius 1 is 2.00 bits per heavy atom. The highest BCUT2D eigenvalue weighted by Gasteiger charge is 1.68. The van der Waals surface area contributed by atoms with Crippen LogP contribution >= 0.6 is 12.6 Å². The molecule has 0 aromatic heterocycles. The van der Waals surface area contributed by atoms with Crippen LogP contribution in [0.4, 0.5) is 0 Å². The van der Waals surface area contributed by atoms with E-state index in [4.69, 9.17) is 5.73 Å². The van der Waals surface area contributed by atoms with Crippen molar-refractivity contribution in [1.29, 1.82) is 0 Å². The van der Waals surface area contributed by atoms with Crippen LogP contribution in [0.15, 0.2) is 11.1 Å². The molecule has 0 rings (SSSR count). The van der Waals surface area contributed by atoms with Gasteiger partial charge in [-0.15, -0.1) is 12.6 Å². The van der Waals surface area contributed by atoms with Crippen LogP contribution in [0.25, 0.3) is 0 Å². The van der Waals surface area contributed by atoms with Crippen LogP contribution in [-0.2, 0) is 0 Å². The molecule has 0 aliphatic carbocycles. The molecule has 0 radical (unpaired) electrons. The van der Waals surface area contributed by atoms with Gasteiger partial charge >= 0.3 is 0 Å². The largest absolute Gasteiger partial charge is 0.394 e. The lowest BCUT2D eigenvalue weighted by atomic mass is 10.5. The summed E-state index contributed by atoms with van der Waals surface area (Å²) in [7, 11) is 0. The van der Waals surface area contributed by atoms with Crippen molar-refractivity contribution in [3.63, 3.8) is 0 Å². The minimum atomic E-state index is 0.609. The Morgan fingerprint density at radius 2 is 2.50 bits per heavy atom. The highest BCUT2D eigenvalue weighted by molar-refractivity contribution is 7.84. The maximum absolute atomic E-state index is 5.13. The van der Waals surface area contributed by atoms with E-state index < -0.39 is 0 Å². The summed E-state index contributed by atoms with van der Waals surface area (Å²) in [4.78, 5) is 0. The van der Waals surface area contributed by atoms with Gasteiger partial charge in [-0.1, -0.05) is 13.0 Å². The third-order valence-corrected chi connectivity index (χ3v) is 0.596. The lowest BCUT2D eigenvalue weighted by Gasteiger charge is -1.80. The smallest absolute Gasteiger partial charge is 0.0583 e. The van der Waals surface area contributed by atoms with Gasteiger partial charge in [-0.2, -0.15) is 0 Å². The van der Waals surface area contributed by atoms with Crippen LogP contribution in [0.3, 0.4) is 0 Å². The van der Waals surface area contributed by atoms with Crippen molar-refractivity contribution >= 4 is 12.6 Å². The number of thiol groups is 1. The summed E-state index contributed by atoms with van der Waals surface area (Å²) in [5.41, 5.74) is 5.13. The molecule has 36 valence electrons. The van der Waals surface area contributed by atoms with Gasteiger partial charge < -0.3 is 5.73 Å². The van der Waals surface area contributed by atoms with Gasteiger partial charge in [-0.3, -0.25) is 0 Å². The van der Waals surface area contributed by atoms with Crippen molar-refractivity contribution < 1.29 is 0 Å². The monoisotopic (exact) mass is 103 g/mol. The Labute approximate surface area is 43.6 Å². The highest BCUT2D eigenvalue weighted by Crippen LogP contribution is 1.89. The molecule has 0 spiro atoms. The average Bonchev–Trinajstić information content (AvgIpc) is 1.35. The Kier molecular flexibility index (Phi) is 3.04. The van der Waals surface area contributed by atoms with Crippen molar-refractivity contribution in [2.45, 2.75) is 13.3 Å². The first-order valence-corrected chi connectivity index (χ1v) is 2.36. The second-order valence-corrected chi connectivity index (χ2v) is 1.55. The standard InChI is InChI=1S/C4H9NS/c1-2-3-4(5)6/h3,6H,2,5H2,1H3/b4-3+. The van der Waals surface area contributed by atoms with E-state index in [1.807, 2.05) is 13.0 Å². The maximum atomic E-state index is 5.13. The number of nitrogens with two attached hydrogens (primary N) is 1. The van der Waals surface area contributed by atoms with Gasteiger partial charge in [0, 0.05) is 0 Å². The molecule has 0 atom stereocenters. The summed E-state index contributed by atoms with van der Waals surface area (Å²) >= 11 is 3.82. The average molecular weight is 103 g/mol. The zero-order valence-corrected chi connectivity index (χ0v) is 4.70. The summed E-state index contributed by atoms with van der Waals surface area (Å²) in [5, 5.41) is 0.609. The molecule has 0 fully saturated rings. The number of hydrogen-bond acceptors (Lipinski definition) is 2. The molecule has 6 heavy (non-hydrogen) atoms. The summed E-state index contributed by atoms with van der Waals surface area (Å²) in [6, 6.07) is 0. The Morgan fingerprint density at radius 3 is 2.50 bits per heavy atom. The molecule has 1 nitrogen and oxygen atoms in total. The molecule has 2 N–H and O–H groups in total. The van der Waals surface area contributed by atoms with Gasteiger partial charge in [0.1, 0.15) is 0 Å². The molecule has 0 saturated heterocycles. The van der Waals surface area contributed by atoms with Crippen LogP contribution in [0, 0.1) is 0 Å². The van der Waals surface area contributed by atoms with Gasteiger partial charge in [-0.25, -0.2) is 0 Å². The van der Waals surface area contributed by atoms with E-state index in [1.165, 1.54) is 0 Å². The van der Waals surface area contributed by atoms with E-state index in [1.54, 1.807) is 0 Å². The fourth-order valence-corrected chi connectivity index (χ4v) is 0.392. The van der Waals surface area contributed by atoms with Gasteiger partial charge in [0.2, 0.25) is 0 Å². The quantitative estimate of drug-likeness (QED) is 0.478. The van der Waals surface area contributed by atoms with Crippen LogP contribution in [0.1, 0.15) is 13.3 Å². The van der Waals surface area contributed by atoms with Gasteiger partial charge in [0.25, 0.3) is 0 Å². The summed E-state index contributed by atoms with van der Waals surface area (Å²) in [6.45, 7) is 2.02. The minimum Gasteiger partial charge on any atom is -0.394 e. The maximum Gasteiger partial charge on any atom is 0.0583 e. The first-order chi connectivity index (χ1) is 2.77. The fourth-order valence-electron chi connectivity index (χ4n) is 0.209. The summed E-state index contributed by atoms with van der Waals surface area (Å²) in [5.74, 6) is 0. The molecule has 0 bridgehead atoms. The lowest BCUT2D eigenvalue weighted by molar-refractivity contribution is 1.21. The van der Waals surface area contributed by atoms with E-state index in [-0.39, 0.29) is 0 Å². The van der Waals surface area contributed by atoms with Gasteiger partial charge in [0.05, 0.1) is 5.03 Å². The van der Waals surface area contributed by atoms with Crippen molar-refractivity contribution in [3.8, 4) is 0 Å². The van der Waals surface area contributed by atoms with Crippen LogP contribution in [-0.4, -0.2) is 0 Å². The molecule has 0 amide bonds. The topological polar surface area (TPSA) is 26.0 Å². The van der Waals surface area contributed by atoms with Crippen molar-refractivity contribution in [2.24, 2.45) is 5.73 Å². The lowest BCUT2D eigenvalue weighted by Crippen LogP contribution is -1.84. The van der Waals surface area contributed by atoms with Gasteiger partial charge in [-0.05, 0) is 6.42 Å². The molecule has 0 aliphatic rings. The van der Waals surface area contributed by atoms with E-state index in [9.17, 15) is 0 Å². The molecule has 0 unspecified atom stereocenters. The normalized spacial score (nSPS) is 12.0. The van der Waals surface area contributed by atoms with Crippen molar-refractivity contribution in [1.82, 2.24) is 0 Å². The molecule has 0 heterocycles. The Bertz CT molecular complexity index is 54.6. The second kappa shape index (κ2) is 3.09. The highest BCUT2D eigenvalue weighted by atomic mass is 32.1. The molecular weight excluding hydrogens is 94.1 g/mol. The predicted molar refractivity (Wildman–Crippen MR) is 31.5 cm³/mol. The molecule has 0 aromatic rings. The van der Waals surface area contributed by atoms with E-state index in [2.05, 4.69) is 12.6 Å². The number of hydrogen-bond donors (Lipinski definition) is 2. The van der Waals surface area contributed by atoms with Crippen molar-refractivity contribution in [3.05, 3.63) is 11.1 Å². The molecule has 0 aromatic carbocycles. The van der Waals surface area contributed by atoms with E-state index in [0.717, 1.165) is 6.42 Å². The zero-order valence-electron chi connectivity index (χ0n) is 3.81. The number of allylic oxidation sites excluding steroid dienone is 1. The van der Waals surface area contributed by atoms with Gasteiger partial charge in [0.15, 0.2) is 0 Å². The Hall–Kier alpha value is -0.110. The van der Waals surface area contributed by atoms with E-state index >= 15 is 0 Å². The first-order valence-electron chi connectivity index (χ1n) is 1.92. The predicted octanol–water partition coefficient (Wildman–Crippen LogP) is 1.13. The SMILES string of the molecule is CC/C=C(\N)S. The fraction of sp³-hybridized carbons (Fsp3) is 0.500. The van der Waals surface area contributed by atoms with Crippen LogP contribution < -0.4 is 5.73 Å². The van der Waals surface area contributed by atoms with E-state index in [0.29, 0.717) is 5.03 Å². The molecule has 0 aliphatic heterocycles. The third-order valence-electron chi connectivity index (χ3n) is 0.413. The Balaban J connectivity index is 3.14. The minimum absolute atomic E-state index is 0.609. The molecule has 0 saturated carbocycles. The van der Waals surface area contributed by atoms with Crippen LogP contribution in [0.5, 0.6) is 0 Å². The van der Waals surface area contributed by atoms with Crippen LogP contribution in [0.2, 0.25) is 0 Å². The molecule has 2 heteroatoms. The van der Waals surface area contributed by atoms with Crippen molar-refractivity contribution in [2.75, 3.05) is 0 Å². The summed E-state index contributed by atoms with van der Waals surface area (Å²) in [6.07, 6.45) is 2.82. The second-order valence-electron chi connectivity index (χ2n) is 1.04. The first kappa shape index (κ1) is 5.89.